The Balaban J connectivity index is 0.00000364. The second kappa shape index (κ2) is 11.9. The maximum absolute atomic E-state index is 9.58. The summed E-state index contributed by atoms with van der Waals surface area (Å²) in [4.78, 5) is 0. The van der Waals surface area contributed by atoms with Crippen molar-refractivity contribution in [1.82, 2.24) is 0 Å². The van der Waals surface area contributed by atoms with Crippen molar-refractivity contribution in [2.75, 3.05) is 13.2 Å². The molecular formula is C21H36Cl2O2Si2Zr. The van der Waals surface area contributed by atoms with Gasteiger partial charge in [0.15, 0.2) is 0 Å². The summed E-state index contributed by atoms with van der Waals surface area (Å²) >= 11 is -2.04. The van der Waals surface area contributed by atoms with Crippen LogP contribution in [-0.4, -0.2) is 42.8 Å². The van der Waals surface area contributed by atoms with Gasteiger partial charge in [0.25, 0.3) is 0 Å². The van der Waals surface area contributed by atoms with E-state index in [9.17, 15) is 10.2 Å². The third-order valence-corrected chi connectivity index (χ3v) is 21.7. The Morgan fingerprint density at radius 2 is 1.18 bits per heavy atom. The molecule has 28 heavy (non-hydrogen) atoms. The summed E-state index contributed by atoms with van der Waals surface area (Å²) in [5, 5.41) is 22.4. The van der Waals surface area contributed by atoms with Crippen molar-refractivity contribution >= 4 is 19.4 Å². The first-order valence-corrected chi connectivity index (χ1v) is 20.0. The van der Waals surface area contributed by atoms with Gasteiger partial charge in [-0.2, -0.15) is 0 Å². The molecule has 0 radical (unpaired) electrons. The average Bonchev–Trinajstić information content (AvgIpc) is 3.17. The number of hydrogen-bond donors (Lipinski definition) is 2. The van der Waals surface area contributed by atoms with Gasteiger partial charge in [0.2, 0.25) is 0 Å². The topological polar surface area (TPSA) is 40.5 Å². The molecule has 0 spiro atoms. The molecule has 158 valence electrons. The molecule has 0 amide bonds. The van der Waals surface area contributed by atoms with Gasteiger partial charge < -0.3 is 24.8 Å². The molecule has 0 aromatic carbocycles. The van der Waals surface area contributed by atoms with Crippen molar-refractivity contribution in [3.05, 3.63) is 41.3 Å². The van der Waals surface area contributed by atoms with Crippen LogP contribution in [0.25, 0.3) is 0 Å². The fraction of sp³-hybridized carbons (Fsp3) is 0.571. The van der Waals surface area contributed by atoms with Crippen LogP contribution < -0.4 is 24.8 Å². The Bertz CT molecular complexity index is 662. The van der Waals surface area contributed by atoms with Gasteiger partial charge in [0.1, 0.15) is 0 Å². The van der Waals surface area contributed by atoms with Gasteiger partial charge in [-0.1, -0.05) is 0 Å². The first-order valence-electron chi connectivity index (χ1n) is 9.86. The summed E-state index contributed by atoms with van der Waals surface area (Å²) in [6.07, 6.45) is 11.8. The molecular weight excluding hydrogens is 503 g/mol. The van der Waals surface area contributed by atoms with Crippen molar-refractivity contribution in [2.24, 2.45) is 0 Å². The molecule has 7 heteroatoms. The smallest absolute Gasteiger partial charge is 1.00 e. The Morgan fingerprint density at radius 3 is 1.46 bits per heavy atom. The first-order chi connectivity index (χ1) is 12.2. The molecule has 0 aromatic heterocycles. The summed E-state index contributed by atoms with van der Waals surface area (Å²) in [5.74, 6) is 0. The van der Waals surface area contributed by atoms with E-state index < -0.39 is 37.4 Å². The maximum Gasteiger partial charge on any atom is -1.00 e. The van der Waals surface area contributed by atoms with Crippen molar-refractivity contribution in [3.8, 4) is 0 Å². The van der Waals surface area contributed by atoms with Gasteiger partial charge in [-0.05, 0) is 0 Å². The van der Waals surface area contributed by atoms with E-state index in [4.69, 9.17) is 0 Å². The second-order valence-corrected chi connectivity index (χ2v) is 26.0. The molecule has 0 bridgehead atoms. The fourth-order valence-electron chi connectivity index (χ4n) is 4.37. The quantitative estimate of drug-likeness (QED) is 0.379. The standard InChI is InChI=1S/2C9H15OSi.C3H6.2ClH.Zr/c2*1-11(2,8-7-10)9-5-3-4-6-9;1-3-2;;;/h2*3,5,10H,4,7-8H2,1-2H3;1-2H3;2*1H;/q;;;;;+2/p-2. The molecule has 2 N–H and O–H groups in total. The molecule has 0 saturated heterocycles. The van der Waals surface area contributed by atoms with Crippen LogP contribution in [0.2, 0.25) is 38.3 Å². The van der Waals surface area contributed by atoms with Crippen molar-refractivity contribution in [1.29, 1.82) is 0 Å². The van der Waals surface area contributed by atoms with Crippen LogP contribution in [-0.2, 0) is 21.3 Å². The van der Waals surface area contributed by atoms with Crippen LogP contribution >= 0.6 is 0 Å². The Hall–Kier alpha value is 0.647. The third kappa shape index (κ3) is 6.32. The summed E-state index contributed by atoms with van der Waals surface area (Å²) < 4.78 is 5.23. The SMILES string of the molecule is C[C](C)=[Zr+2]([C]1=C([Si](C)(C)CCO)C=CC1)[C]1=C([Si](C)(C)CCO)C=CC1.[Cl-].[Cl-]. The fourth-order valence-corrected chi connectivity index (χ4v) is 22.6. The van der Waals surface area contributed by atoms with Crippen molar-refractivity contribution < 1.29 is 56.3 Å². The van der Waals surface area contributed by atoms with Gasteiger partial charge >= 0.3 is 170 Å². The minimum atomic E-state index is -2.04. The molecule has 2 rings (SSSR count). The molecule has 0 aromatic rings. The van der Waals surface area contributed by atoms with Gasteiger partial charge in [-0.25, -0.2) is 0 Å². The molecule has 0 atom stereocenters. The predicted molar refractivity (Wildman–Crippen MR) is 117 cm³/mol. The maximum atomic E-state index is 9.58. The molecule has 2 nitrogen and oxygen atoms in total. The second-order valence-electron chi connectivity index (χ2n) is 9.09. The monoisotopic (exact) mass is 536 g/mol. The van der Waals surface area contributed by atoms with E-state index >= 15 is 0 Å². The summed E-state index contributed by atoms with van der Waals surface area (Å²) in [5.41, 5.74) is 0. The van der Waals surface area contributed by atoms with Gasteiger partial charge in [-0.15, -0.1) is 0 Å². The van der Waals surface area contributed by atoms with Crippen LogP contribution in [0.3, 0.4) is 0 Å². The predicted octanol–water partition coefficient (Wildman–Crippen LogP) is -1.27. The number of rotatable bonds is 8. The van der Waals surface area contributed by atoms with Gasteiger partial charge in [0.05, 0.1) is 0 Å². The van der Waals surface area contributed by atoms with E-state index in [-0.39, 0.29) is 24.8 Å². The van der Waals surface area contributed by atoms with Crippen LogP contribution in [0.5, 0.6) is 0 Å². The zero-order chi connectivity index (χ0) is 19.5. The Morgan fingerprint density at radius 1 is 0.821 bits per heavy atom. The van der Waals surface area contributed by atoms with E-state index in [0.29, 0.717) is 13.2 Å². The van der Waals surface area contributed by atoms with E-state index in [1.165, 1.54) is 0 Å². The average molecular weight is 539 g/mol. The van der Waals surface area contributed by atoms with Crippen LogP contribution in [0, 0.1) is 0 Å². The molecule has 0 heterocycles. The minimum absolute atomic E-state index is 0. The van der Waals surface area contributed by atoms with E-state index in [1.54, 1.807) is 20.2 Å². The summed E-state index contributed by atoms with van der Waals surface area (Å²) in [6.45, 7) is 15.0. The number of halogens is 2. The third-order valence-electron chi connectivity index (χ3n) is 5.90. The van der Waals surface area contributed by atoms with Crippen LogP contribution in [0.4, 0.5) is 0 Å². The largest absolute Gasteiger partial charge is 1.00 e. The summed E-state index contributed by atoms with van der Waals surface area (Å²) in [6, 6.07) is 1.93. The van der Waals surface area contributed by atoms with E-state index in [0.717, 1.165) is 24.9 Å². The van der Waals surface area contributed by atoms with Crippen LogP contribution in [0.15, 0.2) is 41.3 Å². The number of aliphatic hydroxyl groups excluding tert-OH is 2. The Labute approximate surface area is 193 Å². The first kappa shape index (κ1) is 28.6. The van der Waals surface area contributed by atoms with E-state index in [1.807, 2.05) is 0 Å². The summed E-state index contributed by atoms with van der Waals surface area (Å²) in [7, 11) is -3.14. The van der Waals surface area contributed by atoms with Gasteiger partial charge in [0, 0.05) is 0 Å². The number of aliphatic hydroxyl groups is 2. The minimum Gasteiger partial charge on any atom is -1.00 e. The molecule has 0 fully saturated rings. The van der Waals surface area contributed by atoms with Crippen molar-refractivity contribution in [2.45, 2.75) is 65.0 Å². The molecule has 2 aliphatic carbocycles. The molecule has 0 saturated carbocycles. The molecule has 0 unspecified atom stereocenters. The van der Waals surface area contributed by atoms with Crippen LogP contribution in [0.1, 0.15) is 26.7 Å². The Kier molecular flexibility index (Phi) is 12.2. The zero-order valence-corrected chi connectivity index (χ0v) is 24.2. The van der Waals surface area contributed by atoms with Gasteiger partial charge in [-0.3, -0.25) is 0 Å². The van der Waals surface area contributed by atoms with Crippen molar-refractivity contribution in [3.63, 3.8) is 0 Å². The molecule has 0 aliphatic heterocycles. The normalized spacial score (nSPS) is 16.1. The number of hydrogen-bond acceptors (Lipinski definition) is 2. The number of allylic oxidation sites excluding steroid dienone is 8. The molecule has 2 aliphatic rings. The van der Waals surface area contributed by atoms with E-state index in [2.05, 4.69) is 64.3 Å². The zero-order valence-electron chi connectivity index (χ0n) is 18.2.